The summed E-state index contributed by atoms with van der Waals surface area (Å²) in [6.45, 7) is 3.62. The fourth-order valence-electron chi connectivity index (χ4n) is 5.43. The van der Waals surface area contributed by atoms with E-state index in [1.807, 2.05) is 43.3 Å². The van der Waals surface area contributed by atoms with Crippen LogP contribution in [-0.4, -0.2) is 33.1 Å². The van der Waals surface area contributed by atoms with Gasteiger partial charge < -0.3 is 29.3 Å². The molecule has 0 saturated heterocycles. The first-order chi connectivity index (χ1) is 19.7. The fourth-order valence-corrected chi connectivity index (χ4v) is 5.43. The van der Waals surface area contributed by atoms with Gasteiger partial charge >= 0.3 is 11.6 Å². The SMILES string of the molecule is Cc1oc2cc3oc(=O)c(CC(=O)N[C@H](Cc4c[nH]c5ccc(O)cc45)C(=O)O)c(C)c3cc2c1-c1ccccc1. The number of H-pyrrole nitrogens is 1. The number of furan rings is 1. The number of nitrogens with one attached hydrogen (secondary N) is 2. The van der Waals surface area contributed by atoms with E-state index >= 15 is 0 Å². The van der Waals surface area contributed by atoms with Crippen molar-refractivity contribution in [1.82, 2.24) is 10.3 Å². The number of carboxylic acids is 1. The average Bonchev–Trinajstić information content (AvgIpc) is 3.48. The van der Waals surface area contributed by atoms with Crippen LogP contribution in [0.4, 0.5) is 0 Å². The Kier molecular flexibility index (Phi) is 6.34. The molecule has 3 aromatic carbocycles. The van der Waals surface area contributed by atoms with Crippen LogP contribution in [0.5, 0.6) is 5.75 Å². The second-order valence-corrected chi connectivity index (χ2v) is 10.1. The van der Waals surface area contributed by atoms with Crippen molar-refractivity contribution in [1.29, 1.82) is 0 Å². The van der Waals surface area contributed by atoms with Gasteiger partial charge in [-0.25, -0.2) is 9.59 Å². The first kappa shape index (κ1) is 25.9. The quantitative estimate of drug-likeness (QED) is 0.196. The van der Waals surface area contributed by atoms with E-state index in [1.54, 1.807) is 25.3 Å². The third-order valence-corrected chi connectivity index (χ3v) is 7.48. The molecule has 41 heavy (non-hydrogen) atoms. The van der Waals surface area contributed by atoms with Crippen LogP contribution in [0.2, 0.25) is 0 Å². The molecule has 0 aliphatic heterocycles. The Labute approximate surface area is 233 Å². The lowest BCUT2D eigenvalue weighted by Crippen LogP contribution is -2.43. The Hall–Kier alpha value is -5.31. The predicted molar refractivity (Wildman–Crippen MR) is 154 cm³/mol. The number of carboxylic acid groups (broad SMARTS) is 1. The van der Waals surface area contributed by atoms with Gasteiger partial charge in [-0.15, -0.1) is 0 Å². The second-order valence-electron chi connectivity index (χ2n) is 10.1. The monoisotopic (exact) mass is 550 g/mol. The van der Waals surface area contributed by atoms with Crippen LogP contribution in [0.15, 0.2) is 80.5 Å². The van der Waals surface area contributed by atoms with E-state index in [1.165, 1.54) is 12.1 Å². The lowest BCUT2D eigenvalue weighted by atomic mass is 9.98. The Morgan fingerprint density at radius 1 is 0.951 bits per heavy atom. The molecule has 0 saturated carbocycles. The van der Waals surface area contributed by atoms with E-state index in [4.69, 9.17) is 8.83 Å². The van der Waals surface area contributed by atoms with Crippen LogP contribution in [0.25, 0.3) is 44.0 Å². The Bertz CT molecular complexity index is 2030. The molecule has 4 N–H and O–H groups in total. The highest BCUT2D eigenvalue weighted by atomic mass is 16.4. The molecule has 3 aromatic heterocycles. The molecule has 0 unspecified atom stereocenters. The molecule has 0 fully saturated rings. The molecular weight excluding hydrogens is 524 g/mol. The summed E-state index contributed by atoms with van der Waals surface area (Å²) in [4.78, 5) is 41.1. The van der Waals surface area contributed by atoms with Gasteiger partial charge in [-0.3, -0.25) is 4.79 Å². The minimum atomic E-state index is -1.25. The Balaban J connectivity index is 1.31. The number of aliphatic carboxylic acids is 1. The smallest absolute Gasteiger partial charge is 0.340 e. The normalized spacial score (nSPS) is 12.2. The number of aryl methyl sites for hydroxylation is 2. The molecule has 6 aromatic rings. The molecule has 0 aliphatic rings. The van der Waals surface area contributed by atoms with Crippen molar-refractivity contribution >= 4 is 44.7 Å². The summed E-state index contributed by atoms with van der Waals surface area (Å²) in [7, 11) is 0. The predicted octanol–water partition coefficient (Wildman–Crippen LogP) is 5.36. The lowest BCUT2D eigenvalue weighted by Gasteiger charge is -2.15. The van der Waals surface area contributed by atoms with Crippen molar-refractivity contribution in [3.63, 3.8) is 0 Å². The van der Waals surface area contributed by atoms with Crippen LogP contribution in [0, 0.1) is 13.8 Å². The number of carbonyl (C=O) groups is 2. The third kappa shape index (κ3) is 4.71. The number of amides is 1. The van der Waals surface area contributed by atoms with E-state index in [9.17, 15) is 24.6 Å². The molecule has 6 rings (SSSR count). The molecule has 0 bridgehead atoms. The second kappa shape index (κ2) is 10.0. The number of aromatic nitrogens is 1. The van der Waals surface area contributed by atoms with Gasteiger partial charge in [0.25, 0.3) is 0 Å². The van der Waals surface area contributed by atoms with Crippen molar-refractivity contribution < 1.29 is 28.6 Å². The highest BCUT2D eigenvalue weighted by Crippen LogP contribution is 2.37. The van der Waals surface area contributed by atoms with E-state index < -0.39 is 23.5 Å². The van der Waals surface area contributed by atoms with Gasteiger partial charge in [0.15, 0.2) is 0 Å². The largest absolute Gasteiger partial charge is 0.508 e. The van der Waals surface area contributed by atoms with Crippen LogP contribution in [0.3, 0.4) is 0 Å². The summed E-state index contributed by atoms with van der Waals surface area (Å²) in [6, 6.07) is 16.9. The first-order valence-electron chi connectivity index (χ1n) is 13.1. The maximum atomic E-state index is 13.1. The number of hydrogen-bond donors (Lipinski definition) is 4. The number of carbonyl (C=O) groups excluding carboxylic acids is 1. The summed E-state index contributed by atoms with van der Waals surface area (Å²) >= 11 is 0. The van der Waals surface area contributed by atoms with E-state index in [2.05, 4.69) is 10.3 Å². The zero-order valence-corrected chi connectivity index (χ0v) is 22.3. The minimum Gasteiger partial charge on any atom is -0.508 e. The van der Waals surface area contributed by atoms with E-state index in [0.717, 1.165) is 27.8 Å². The number of aromatic amines is 1. The van der Waals surface area contributed by atoms with Crippen LogP contribution < -0.4 is 10.9 Å². The van der Waals surface area contributed by atoms with Crippen LogP contribution in [0.1, 0.15) is 22.5 Å². The summed E-state index contributed by atoms with van der Waals surface area (Å²) in [6.07, 6.45) is 1.28. The Morgan fingerprint density at radius 2 is 1.71 bits per heavy atom. The summed E-state index contributed by atoms with van der Waals surface area (Å²) < 4.78 is 11.6. The zero-order valence-electron chi connectivity index (χ0n) is 22.3. The highest BCUT2D eigenvalue weighted by Gasteiger charge is 2.24. The first-order valence-corrected chi connectivity index (χ1v) is 13.1. The van der Waals surface area contributed by atoms with Gasteiger partial charge in [-0.2, -0.15) is 0 Å². The fraction of sp³-hybridized carbons (Fsp3) is 0.156. The molecule has 1 amide bonds. The van der Waals surface area contributed by atoms with Gasteiger partial charge in [0, 0.05) is 45.9 Å². The van der Waals surface area contributed by atoms with Gasteiger partial charge in [0.05, 0.1) is 12.0 Å². The molecule has 1 atom stereocenters. The number of phenolic OH excluding ortho intramolecular Hbond substituents is 1. The van der Waals surface area contributed by atoms with Crippen molar-refractivity contribution in [2.24, 2.45) is 0 Å². The third-order valence-electron chi connectivity index (χ3n) is 7.48. The van der Waals surface area contributed by atoms with Gasteiger partial charge in [-0.1, -0.05) is 30.3 Å². The zero-order chi connectivity index (χ0) is 28.8. The van der Waals surface area contributed by atoms with Crippen molar-refractivity contribution in [3.8, 4) is 16.9 Å². The number of hydrogen-bond acceptors (Lipinski definition) is 6. The lowest BCUT2D eigenvalue weighted by molar-refractivity contribution is -0.141. The molecule has 0 aliphatic carbocycles. The number of phenols is 1. The molecular formula is C32H26N2O7. The van der Waals surface area contributed by atoms with Gasteiger partial charge in [0.2, 0.25) is 5.91 Å². The number of aromatic hydroxyl groups is 1. The van der Waals surface area contributed by atoms with E-state index in [-0.39, 0.29) is 24.2 Å². The molecule has 0 spiro atoms. The Morgan fingerprint density at radius 3 is 2.46 bits per heavy atom. The van der Waals surface area contributed by atoms with Crippen molar-refractivity contribution in [2.75, 3.05) is 0 Å². The standard InChI is InChI=1S/C32H26N2O7/c1-16-21-12-24-28(40-17(2)30(24)18-6-4-3-5-7-18)14-27(21)41-32(39)22(16)13-29(36)34-26(31(37)38)10-19-15-33-25-9-8-20(35)11-23(19)25/h3-9,11-12,14-15,26,33,35H,10,13H2,1-2H3,(H,34,36)(H,37,38)/t26-/m1/s1. The van der Waals surface area contributed by atoms with Crippen LogP contribution >= 0.6 is 0 Å². The topological polar surface area (TPSA) is 146 Å². The van der Waals surface area contributed by atoms with Crippen molar-refractivity contribution in [2.45, 2.75) is 32.7 Å². The molecule has 206 valence electrons. The molecule has 9 nitrogen and oxygen atoms in total. The molecule has 3 heterocycles. The summed E-state index contributed by atoms with van der Waals surface area (Å²) in [5.74, 6) is -1.07. The molecule has 0 radical (unpaired) electrons. The van der Waals surface area contributed by atoms with Gasteiger partial charge in [0.1, 0.15) is 28.7 Å². The average molecular weight is 551 g/mol. The number of rotatable bonds is 7. The maximum Gasteiger partial charge on any atom is 0.340 e. The minimum absolute atomic E-state index is 0.0179. The highest BCUT2D eigenvalue weighted by molar-refractivity contribution is 6.03. The maximum absolute atomic E-state index is 13.1. The van der Waals surface area contributed by atoms with Crippen LogP contribution in [-0.2, 0) is 22.4 Å². The summed E-state index contributed by atoms with van der Waals surface area (Å²) in [5, 5.41) is 24.4. The van der Waals surface area contributed by atoms with Crippen molar-refractivity contribution in [3.05, 3.63) is 99.7 Å². The summed E-state index contributed by atoms with van der Waals surface area (Å²) in [5.41, 5.74) is 4.25. The number of fused-ring (bicyclic) bond motifs is 3. The number of benzene rings is 3. The van der Waals surface area contributed by atoms with E-state index in [0.29, 0.717) is 33.1 Å². The molecule has 9 heteroatoms. The van der Waals surface area contributed by atoms with Gasteiger partial charge in [-0.05, 0) is 54.8 Å².